The molecule has 0 aliphatic rings. The van der Waals surface area contributed by atoms with Gasteiger partial charge in [0.05, 0.1) is 6.54 Å². The van der Waals surface area contributed by atoms with Crippen molar-refractivity contribution in [3.63, 3.8) is 0 Å². The van der Waals surface area contributed by atoms with Crippen molar-refractivity contribution in [1.29, 1.82) is 0 Å². The monoisotopic (exact) mass is 415 g/mol. The number of hydrogen-bond donors (Lipinski definition) is 3. The summed E-state index contributed by atoms with van der Waals surface area (Å²) in [5.74, 6) is 0.472. The Kier molecular flexibility index (Phi) is 7.61. The van der Waals surface area contributed by atoms with E-state index < -0.39 is 17.8 Å². The number of nitrogens with one attached hydrogen (secondary N) is 2. The van der Waals surface area contributed by atoms with Gasteiger partial charge >= 0.3 is 6.18 Å². The molecule has 4 N–H and O–H groups in total. The Balaban J connectivity index is 1.75. The summed E-state index contributed by atoms with van der Waals surface area (Å²) in [5.41, 5.74) is 5.16. The van der Waals surface area contributed by atoms with Crippen molar-refractivity contribution in [2.45, 2.75) is 19.1 Å². The quantitative estimate of drug-likeness (QED) is 0.452. The van der Waals surface area contributed by atoms with E-state index in [0.29, 0.717) is 29.7 Å². The Morgan fingerprint density at radius 2 is 2.00 bits per heavy atom. The summed E-state index contributed by atoms with van der Waals surface area (Å²) in [4.78, 5) is 18.3. The molecular formula is C17H20F3N5O2S. The van der Waals surface area contributed by atoms with E-state index in [1.165, 1.54) is 0 Å². The minimum absolute atomic E-state index is 0.145. The van der Waals surface area contributed by atoms with E-state index in [0.717, 1.165) is 22.3 Å². The second-order valence-corrected chi connectivity index (χ2v) is 6.57. The number of benzene rings is 1. The molecule has 0 spiro atoms. The molecule has 0 atom stereocenters. The van der Waals surface area contributed by atoms with Crippen molar-refractivity contribution in [1.82, 2.24) is 15.6 Å². The van der Waals surface area contributed by atoms with Crippen molar-refractivity contribution in [2.24, 2.45) is 10.7 Å². The molecule has 152 valence electrons. The summed E-state index contributed by atoms with van der Waals surface area (Å²) in [6.45, 7) is 0.533. The predicted octanol–water partition coefficient (Wildman–Crippen LogP) is 1.93. The molecule has 7 nitrogen and oxygen atoms in total. The number of carbonyl (C=O) groups is 1. The molecule has 1 aromatic heterocycles. The number of hydrogen-bond acceptors (Lipinski definition) is 5. The third kappa shape index (κ3) is 7.06. The molecular weight excluding hydrogens is 395 g/mol. The zero-order chi connectivity index (χ0) is 20.6. The molecule has 1 aromatic carbocycles. The van der Waals surface area contributed by atoms with E-state index in [2.05, 4.69) is 20.6 Å². The lowest BCUT2D eigenvalue weighted by molar-refractivity contribution is -0.140. The van der Waals surface area contributed by atoms with Gasteiger partial charge in [-0.1, -0.05) is 12.1 Å². The molecule has 1 heterocycles. The van der Waals surface area contributed by atoms with Gasteiger partial charge in [0, 0.05) is 19.0 Å². The van der Waals surface area contributed by atoms with Crippen molar-refractivity contribution in [2.75, 3.05) is 20.2 Å². The number of aromatic nitrogens is 1. The van der Waals surface area contributed by atoms with Crippen LogP contribution in [0.25, 0.3) is 0 Å². The summed E-state index contributed by atoms with van der Waals surface area (Å²) in [7, 11) is 1.57. The highest BCUT2D eigenvalue weighted by Gasteiger charge is 2.33. The number of nitrogens with two attached hydrogens (primary N) is 1. The minimum Gasteiger partial charge on any atom is -0.484 e. The molecule has 11 heteroatoms. The molecule has 2 rings (SSSR count). The number of guanidine groups is 1. The fourth-order valence-electron chi connectivity index (χ4n) is 2.13. The van der Waals surface area contributed by atoms with Gasteiger partial charge in [-0.2, -0.15) is 13.2 Å². The number of nitrogens with zero attached hydrogens (tertiary/aromatic N) is 2. The Morgan fingerprint density at radius 1 is 1.29 bits per heavy atom. The lowest BCUT2D eigenvalue weighted by Crippen LogP contribution is -2.37. The SMILES string of the molecule is CN=C(NCCc1ccc(OCC(N)=O)cc1)NCc1nc(C(F)(F)F)cs1. The van der Waals surface area contributed by atoms with E-state index >= 15 is 0 Å². The number of aliphatic imine (C=N–C) groups is 1. The fraction of sp³-hybridized carbons (Fsp3) is 0.353. The highest BCUT2D eigenvalue weighted by Crippen LogP contribution is 2.29. The van der Waals surface area contributed by atoms with Gasteiger partial charge in [-0.3, -0.25) is 9.79 Å². The maximum atomic E-state index is 12.6. The largest absolute Gasteiger partial charge is 0.484 e. The molecule has 0 radical (unpaired) electrons. The van der Waals surface area contributed by atoms with Crippen LogP contribution in [-0.4, -0.2) is 37.1 Å². The zero-order valence-electron chi connectivity index (χ0n) is 15.0. The van der Waals surface area contributed by atoms with Crippen LogP contribution in [0.2, 0.25) is 0 Å². The number of ether oxygens (including phenoxy) is 1. The Bertz CT molecular complexity index is 806. The fourth-order valence-corrected chi connectivity index (χ4v) is 2.87. The molecule has 0 bridgehead atoms. The second kappa shape index (κ2) is 9.93. The molecule has 0 fully saturated rings. The average Bonchev–Trinajstić information content (AvgIpc) is 3.13. The molecule has 28 heavy (non-hydrogen) atoms. The van der Waals surface area contributed by atoms with Gasteiger partial charge < -0.3 is 21.1 Å². The topological polar surface area (TPSA) is 102 Å². The summed E-state index contributed by atoms with van der Waals surface area (Å²) in [6.07, 6.45) is -3.75. The lowest BCUT2D eigenvalue weighted by Gasteiger charge is -2.11. The number of alkyl halides is 3. The molecule has 0 unspecified atom stereocenters. The molecule has 0 aliphatic heterocycles. The first kappa shape index (κ1) is 21.5. The molecule has 0 aliphatic carbocycles. The van der Waals surface area contributed by atoms with Crippen LogP contribution in [0.15, 0.2) is 34.6 Å². The second-order valence-electron chi connectivity index (χ2n) is 5.63. The first-order valence-electron chi connectivity index (χ1n) is 8.24. The van der Waals surface area contributed by atoms with E-state index in [1.54, 1.807) is 19.2 Å². The van der Waals surface area contributed by atoms with Crippen molar-refractivity contribution < 1.29 is 22.7 Å². The number of primary amides is 1. The van der Waals surface area contributed by atoms with Gasteiger partial charge in [0.25, 0.3) is 5.91 Å². The van der Waals surface area contributed by atoms with E-state index in [1.807, 2.05) is 12.1 Å². The van der Waals surface area contributed by atoms with E-state index in [9.17, 15) is 18.0 Å². The summed E-state index contributed by atoms with van der Waals surface area (Å²) in [5, 5.41) is 7.32. The van der Waals surface area contributed by atoms with Gasteiger partial charge in [0.1, 0.15) is 10.8 Å². The third-order valence-corrected chi connectivity index (χ3v) is 4.33. The van der Waals surface area contributed by atoms with Gasteiger partial charge in [-0.15, -0.1) is 11.3 Å². The van der Waals surface area contributed by atoms with Crippen LogP contribution in [0.3, 0.4) is 0 Å². The van der Waals surface area contributed by atoms with Crippen LogP contribution in [0, 0.1) is 0 Å². The summed E-state index contributed by atoms with van der Waals surface area (Å²) >= 11 is 0.939. The van der Waals surface area contributed by atoms with Crippen LogP contribution in [0.1, 0.15) is 16.3 Å². The normalized spacial score (nSPS) is 11.9. The van der Waals surface area contributed by atoms with Gasteiger partial charge in [-0.05, 0) is 24.1 Å². The number of carbonyl (C=O) groups excluding carboxylic acids is 1. The Hall–Kier alpha value is -2.82. The highest BCUT2D eigenvalue weighted by molar-refractivity contribution is 7.09. The van der Waals surface area contributed by atoms with E-state index in [4.69, 9.17) is 10.5 Å². The summed E-state index contributed by atoms with van der Waals surface area (Å²) < 4.78 is 42.9. The zero-order valence-corrected chi connectivity index (χ0v) is 15.9. The number of thiazole rings is 1. The smallest absolute Gasteiger partial charge is 0.434 e. The van der Waals surface area contributed by atoms with Crippen molar-refractivity contribution >= 4 is 23.2 Å². The van der Waals surface area contributed by atoms with Crippen LogP contribution < -0.4 is 21.1 Å². The minimum atomic E-state index is -4.44. The van der Waals surface area contributed by atoms with Crippen molar-refractivity contribution in [3.8, 4) is 5.75 Å². The Labute approximate surface area is 163 Å². The molecule has 0 saturated heterocycles. The first-order valence-corrected chi connectivity index (χ1v) is 9.12. The lowest BCUT2D eigenvalue weighted by atomic mass is 10.1. The van der Waals surface area contributed by atoms with Crippen LogP contribution in [-0.2, 0) is 23.9 Å². The van der Waals surface area contributed by atoms with Gasteiger partial charge in [0.2, 0.25) is 0 Å². The standard InChI is InChI=1S/C17H20F3N5O2S/c1-22-16(24-8-15-25-13(10-28-15)17(18,19)20)23-7-6-11-2-4-12(5-3-11)27-9-14(21)26/h2-5,10H,6-9H2,1H3,(H2,21,26)(H2,22,23,24). The number of rotatable bonds is 8. The molecule has 2 aromatic rings. The highest BCUT2D eigenvalue weighted by atomic mass is 32.1. The number of halogens is 3. The molecule has 0 saturated carbocycles. The maximum Gasteiger partial charge on any atom is 0.434 e. The van der Waals surface area contributed by atoms with Gasteiger partial charge in [0.15, 0.2) is 18.3 Å². The average molecular weight is 415 g/mol. The third-order valence-electron chi connectivity index (χ3n) is 3.48. The van der Waals surface area contributed by atoms with Crippen molar-refractivity contribution in [3.05, 3.63) is 45.9 Å². The van der Waals surface area contributed by atoms with Crippen LogP contribution >= 0.6 is 11.3 Å². The first-order chi connectivity index (χ1) is 13.3. The predicted molar refractivity (Wildman–Crippen MR) is 100 cm³/mol. The number of amides is 1. The Morgan fingerprint density at radius 3 is 2.57 bits per heavy atom. The molecule has 1 amide bonds. The van der Waals surface area contributed by atoms with Crippen LogP contribution in [0.5, 0.6) is 5.75 Å². The van der Waals surface area contributed by atoms with Crippen LogP contribution in [0.4, 0.5) is 13.2 Å². The summed E-state index contributed by atoms with van der Waals surface area (Å²) in [6, 6.07) is 7.21. The van der Waals surface area contributed by atoms with Gasteiger partial charge in [-0.25, -0.2) is 4.98 Å². The van der Waals surface area contributed by atoms with E-state index in [-0.39, 0.29) is 13.2 Å². The maximum absolute atomic E-state index is 12.6.